The minimum Gasteiger partial charge on any atom is -0.464 e. The van der Waals surface area contributed by atoms with Gasteiger partial charge in [-0.05, 0) is 64.7 Å². The first-order valence-corrected chi connectivity index (χ1v) is 12.3. The molecular weight excluding hydrogens is 380 g/mol. The van der Waals surface area contributed by atoms with Crippen molar-refractivity contribution in [1.82, 2.24) is 9.80 Å². The Labute approximate surface area is 185 Å². The summed E-state index contributed by atoms with van der Waals surface area (Å²) < 4.78 is 11.3. The molecule has 0 rings (SSSR count). The van der Waals surface area contributed by atoms with E-state index in [0.29, 0.717) is 13.2 Å². The summed E-state index contributed by atoms with van der Waals surface area (Å²) in [5.41, 5.74) is 0. The summed E-state index contributed by atoms with van der Waals surface area (Å²) in [4.78, 5) is 30.9. The molecule has 6 nitrogen and oxygen atoms in total. The number of unbranched alkanes of at least 4 members (excludes halogenated alkanes) is 2. The highest BCUT2D eigenvalue weighted by molar-refractivity contribution is 5.87. The normalized spacial score (nSPS) is 13.5. The maximum atomic E-state index is 13.3. The third kappa shape index (κ3) is 10.8. The fraction of sp³-hybridized carbons (Fsp3) is 0.917. The van der Waals surface area contributed by atoms with Crippen LogP contribution in [0.15, 0.2) is 0 Å². The lowest BCUT2D eigenvalue weighted by atomic mass is 10.0. The zero-order chi connectivity index (χ0) is 22.8. The molecule has 0 saturated carbocycles. The predicted octanol–water partition coefficient (Wildman–Crippen LogP) is 4.65. The van der Waals surface area contributed by atoms with Crippen LogP contribution < -0.4 is 0 Å². The molecule has 0 fully saturated rings. The van der Waals surface area contributed by atoms with Crippen molar-refractivity contribution in [2.75, 3.05) is 39.4 Å². The van der Waals surface area contributed by atoms with Gasteiger partial charge in [-0.25, -0.2) is 0 Å². The summed E-state index contributed by atoms with van der Waals surface area (Å²) in [5.74, 6) is -0.583. The number of hydrogen-bond acceptors (Lipinski definition) is 6. The highest BCUT2D eigenvalue weighted by Gasteiger charge is 2.43. The molecule has 0 amide bonds. The van der Waals surface area contributed by atoms with Crippen molar-refractivity contribution in [3.63, 3.8) is 0 Å². The van der Waals surface area contributed by atoms with Crippen LogP contribution in [0.4, 0.5) is 0 Å². The lowest BCUT2D eigenvalue weighted by Gasteiger charge is -2.39. The fourth-order valence-corrected chi connectivity index (χ4v) is 3.69. The van der Waals surface area contributed by atoms with E-state index in [0.717, 1.165) is 77.5 Å². The summed E-state index contributed by atoms with van der Waals surface area (Å²) in [6, 6.07) is -1.26. The van der Waals surface area contributed by atoms with E-state index in [4.69, 9.17) is 9.47 Å². The Hall–Kier alpha value is -1.14. The van der Waals surface area contributed by atoms with Gasteiger partial charge < -0.3 is 9.47 Å². The largest absolute Gasteiger partial charge is 0.464 e. The molecule has 178 valence electrons. The Bertz CT molecular complexity index is 393. The van der Waals surface area contributed by atoms with Crippen LogP contribution in [-0.4, -0.2) is 73.2 Å². The fourth-order valence-electron chi connectivity index (χ4n) is 3.69. The number of ether oxygens (including phenoxy) is 2. The molecule has 0 aromatic heterocycles. The van der Waals surface area contributed by atoms with Gasteiger partial charge in [-0.15, -0.1) is 0 Å². The Balaban J connectivity index is 6.01. The molecule has 0 spiro atoms. The van der Waals surface area contributed by atoms with Gasteiger partial charge in [0.1, 0.15) is 12.1 Å². The van der Waals surface area contributed by atoms with Crippen LogP contribution in [0.2, 0.25) is 0 Å². The van der Waals surface area contributed by atoms with Crippen LogP contribution in [0, 0.1) is 0 Å². The van der Waals surface area contributed by atoms with Crippen LogP contribution in [0.25, 0.3) is 0 Å². The van der Waals surface area contributed by atoms with Gasteiger partial charge in [0.25, 0.3) is 0 Å². The molecule has 2 atom stereocenters. The van der Waals surface area contributed by atoms with Crippen molar-refractivity contribution in [2.24, 2.45) is 0 Å². The Morgan fingerprint density at radius 3 is 1.10 bits per heavy atom. The second-order valence-corrected chi connectivity index (χ2v) is 8.00. The Morgan fingerprint density at radius 1 is 0.567 bits per heavy atom. The first kappa shape index (κ1) is 28.9. The molecule has 30 heavy (non-hydrogen) atoms. The van der Waals surface area contributed by atoms with Crippen molar-refractivity contribution in [1.29, 1.82) is 0 Å². The molecule has 0 saturated heterocycles. The molecular formula is C24H48N2O4. The van der Waals surface area contributed by atoms with Crippen molar-refractivity contribution in [2.45, 2.75) is 105 Å². The maximum absolute atomic E-state index is 13.3. The van der Waals surface area contributed by atoms with Gasteiger partial charge in [-0.3, -0.25) is 19.4 Å². The van der Waals surface area contributed by atoms with E-state index >= 15 is 0 Å². The summed E-state index contributed by atoms with van der Waals surface area (Å²) in [6.45, 7) is 16.4. The summed E-state index contributed by atoms with van der Waals surface area (Å²) >= 11 is 0. The predicted molar refractivity (Wildman–Crippen MR) is 124 cm³/mol. The molecule has 6 heteroatoms. The molecule has 0 N–H and O–H groups in total. The van der Waals surface area contributed by atoms with Crippen LogP contribution >= 0.6 is 0 Å². The highest BCUT2D eigenvalue weighted by atomic mass is 16.5. The Morgan fingerprint density at radius 2 is 0.867 bits per heavy atom. The van der Waals surface area contributed by atoms with Crippen LogP contribution in [-0.2, 0) is 19.1 Å². The van der Waals surface area contributed by atoms with Gasteiger partial charge in [0.15, 0.2) is 0 Å². The third-order valence-corrected chi connectivity index (χ3v) is 5.10. The minimum atomic E-state index is -0.631. The number of hydrogen-bond donors (Lipinski definition) is 0. The van der Waals surface area contributed by atoms with E-state index in [-0.39, 0.29) is 11.9 Å². The van der Waals surface area contributed by atoms with E-state index in [2.05, 4.69) is 51.3 Å². The number of rotatable bonds is 19. The van der Waals surface area contributed by atoms with E-state index in [9.17, 15) is 9.59 Å². The average Bonchev–Trinajstić information content (AvgIpc) is 2.72. The van der Waals surface area contributed by atoms with Crippen LogP contribution in [0.5, 0.6) is 0 Å². The molecule has 0 aliphatic rings. The summed E-state index contributed by atoms with van der Waals surface area (Å²) in [7, 11) is 0. The van der Waals surface area contributed by atoms with Gasteiger partial charge in [0.2, 0.25) is 0 Å². The highest BCUT2D eigenvalue weighted by Crippen LogP contribution is 2.19. The molecule has 0 aliphatic heterocycles. The zero-order valence-electron chi connectivity index (χ0n) is 20.6. The number of carbonyl (C=O) groups excluding carboxylic acids is 2. The van der Waals surface area contributed by atoms with Crippen LogP contribution in [0.1, 0.15) is 92.9 Å². The van der Waals surface area contributed by atoms with Gasteiger partial charge >= 0.3 is 11.9 Å². The minimum absolute atomic E-state index is 0.292. The number of carbonyl (C=O) groups is 2. The van der Waals surface area contributed by atoms with Crippen molar-refractivity contribution < 1.29 is 19.1 Å². The van der Waals surface area contributed by atoms with Crippen LogP contribution in [0.3, 0.4) is 0 Å². The molecule has 0 radical (unpaired) electrons. The monoisotopic (exact) mass is 428 g/mol. The van der Waals surface area contributed by atoms with Crippen molar-refractivity contribution in [3.8, 4) is 0 Å². The second-order valence-electron chi connectivity index (χ2n) is 8.00. The lowest BCUT2D eigenvalue weighted by Crippen LogP contribution is -2.60. The zero-order valence-corrected chi connectivity index (χ0v) is 20.6. The van der Waals surface area contributed by atoms with Gasteiger partial charge in [0, 0.05) is 0 Å². The van der Waals surface area contributed by atoms with Gasteiger partial charge in [0.05, 0.1) is 13.2 Å². The number of nitrogens with zero attached hydrogens (tertiary/aromatic N) is 2. The summed E-state index contributed by atoms with van der Waals surface area (Å²) in [6.07, 6.45) is 7.25. The first-order valence-electron chi connectivity index (χ1n) is 12.3. The topological polar surface area (TPSA) is 59.1 Å². The Kier molecular flexibility index (Phi) is 17.9. The second kappa shape index (κ2) is 18.6. The quantitative estimate of drug-likeness (QED) is 0.220. The molecule has 0 aromatic carbocycles. The molecule has 2 unspecified atom stereocenters. The third-order valence-electron chi connectivity index (χ3n) is 5.10. The molecule has 0 heterocycles. The van der Waals surface area contributed by atoms with E-state index in [1.54, 1.807) is 0 Å². The average molecular weight is 429 g/mol. The smallest absolute Gasteiger partial charge is 0.325 e. The lowest BCUT2D eigenvalue weighted by molar-refractivity contribution is -0.165. The summed E-state index contributed by atoms with van der Waals surface area (Å²) in [5, 5.41) is 0. The van der Waals surface area contributed by atoms with E-state index in [1.165, 1.54) is 0 Å². The van der Waals surface area contributed by atoms with Crippen molar-refractivity contribution >= 4 is 11.9 Å². The van der Waals surface area contributed by atoms with E-state index in [1.807, 2.05) is 0 Å². The molecule has 0 aromatic rings. The van der Waals surface area contributed by atoms with Crippen molar-refractivity contribution in [3.05, 3.63) is 0 Å². The van der Waals surface area contributed by atoms with Gasteiger partial charge in [-0.2, -0.15) is 0 Å². The van der Waals surface area contributed by atoms with E-state index < -0.39 is 12.1 Å². The maximum Gasteiger partial charge on any atom is 0.325 e. The van der Waals surface area contributed by atoms with Gasteiger partial charge in [-0.1, -0.05) is 54.4 Å². The molecule has 0 bridgehead atoms. The first-order chi connectivity index (χ1) is 14.5. The standard InChI is InChI=1S/C24H48N2O4/c1-7-13-19-29-23(27)21(25(15-9-3)16-10-4)22(24(28)30-20-14-8-2)26(17-11-5)18-12-6/h21-22H,7-20H2,1-6H3. The SMILES string of the molecule is CCCCOC(=O)C(C(C(=O)OCCCC)N(CCC)CCC)N(CCC)CCC. The number of esters is 2. The molecule has 0 aliphatic carbocycles.